The van der Waals surface area contributed by atoms with E-state index in [0.29, 0.717) is 38.9 Å². The van der Waals surface area contributed by atoms with Gasteiger partial charge in [-0.05, 0) is 59.2 Å². The van der Waals surface area contributed by atoms with Gasteiger partial charge in [-0.1, -0.05) is 133 Å². The van der Waals surface area contributed by atoms with Crippen molar-refractivity contribution in [3.8, 4) is 5.75 Å². The Labute approximate surface area is 548 Å². The lowest BCUT2D eigenvalue weighted by Crippen LogP contribution is -2.62. The topological polar surface area (TPSA) is 453 Å². The number of benzene rings is 4. The number of aromatic nitrogens is 3. The number of para-hydroxylation sites is 1. The zero-order valence-corrected chi connectivity index (χ0v) is 53.1. The molecule has 1 saturated heterocycles. The molecule has 0 spiro atoms. The molecule has 1 fully saturated rings. The molecule has 7 rings (SSSR count). The Kier molecular flexibility index (Phi) is 26.9. The number of imidazole rings is 1. The minimum absolute atomic E-state index is 0.0326. The van der Waals surface area contributed by atoms with Crippen molar-refractivity contribution in [2.75, 3.05) is 18.1 Å². The number of nitrogens with one attached hydrogen (secondary N) is 11. The predicted octanol–water partition coefficient (Wildman–Crippen LogP) is -0.416. The van der Waals surface area contributed by atoms with E-state index in [4.69, 9.17) is 11.5 Å². The van der Waals surface area contributed by atoms with Crippen LogP contribution < -0.4 is 59.3 Å². The van der Waals surface area contributed by atoms with Crippen LogP contribution in [0.15, 0.2) is 128 Å². The number of phenols is 1. The summed E-state index contributed by atoms with van der Waals surface area (Å²) in [5.74, 6) is -12.5. The van der Waals surface area contributed by atoms with Gasteiger partial charge in [0.25, 0.3) is 0 Å². The number of amides is 10. The molecule has 28 nitrogen and oxygen atoms in total. The van der Waals surface area contributed by atoms with Gasteiger partial charge in [0.1, 0.15) is 60.1 Å². The lowest BCUT2D eigenvalue weighted by Gasteiger charge is -2.29. The molecule has 1 unspecified atom stereocenters. The lowest BCUT2D eigenvalue weighted by molar-refractivity contribution is -0.142. The van der Waals surface area contributed by atoms with Gasteiger partial charge in [0, 0.05) is 72.6 Å². The average molecular weight is 1330 g/mol. The Morgan fingerprint density at radius 2 is 1.20 bits per heavy atom. The Balaban J connectivity index is 1.31. The van der Waals surface area contributed by atoms with Gasteiger partial charge in [0.15, 0.2) is 0 Å². The van der Waals surface area contributed by atoms with Gasteiger partial charge >= 0.3 is 5.97 Å². The number of hydrogen-bond acceptors (Lipinski definition) is 17. The van der Waals surface area contributed by atoms with E-state index in [0.717, 1.165) is 21.6 Å². The summed E-state index contributed by atoms with van der Waals surface area (Å²) in [4.78, 5) is 167. The van der Waals surface area contributed by atoms with Crippen LogP contribution >= 0.6 is 21.6 Å². The van der Waals surface area contributed by atoms with E-state index < -0.39 is 151 Å². The second kappa shape index (κ2) is 35.3. The van der Waals surface area contributed by atoms with Gasteiger partial charge in [-0.25, -0.2) is 9.78 Å². The second-order valence-corrected chi connectivity index (χ2v) is 25.2. The van der Waals surface area contributed by atoms with E-state index in [1.54, 1.807) is 105 Å². The SMILES string of the molecule is CC[C@H](C)C1NC(=O)[C@H](CO)NC(=O)[C@H](NC(=O)[C@@H](N)Cc2ccccc2)CSSC[C@@H](C(=O)N[C@@H](Cc2ccc(O)cc2)C(=O)O)NC(=O)[C@H](Cc2c[nH]c3ccccc23)NC(=O)[C@H](Cc2cnc[nH]2)NC(=O)[C@H](Cc2ccccc2)NC(=O)[C@H](CCC(N)=O)NC1=O. The summed E-state index contributed by atoms with van der Waals surface area (Å²) in [5.41, 5.74) is 15.1. The van der Waals surface area contributed by atoms with Crippen LogP contribution in [0.1, 0.15) is 61.1 Å². The predicted molar refractivity (Wildman–Crippen MR) is 349 cm³/mol. The van der Waals surface area contributed by atoms with E-state index in [9.17, 15) is 58.5 Å². The van der Waals surface area contributed by atoms with Crippen LogP contribution in [0.2, 0.25) is 0 Å². The molecule has 500 valence electrons. The molecular weight excluding hydrogens is 1250 g/mol. The first kappa shape index (κ1) is 71.7. The fourth-order valence-electron chi connectivity index (χ4n) is 10.1. The van der Waals surface area contributed by atoms with E-state index in [1.165, 1.54) is 36.8 Å². The highest BCUT2D eigenvalue weighted by Gasteiger charge is 2.38. The van der Waals surface area contributed by atoms with Crippen molar-refractivity contribution in [2.24, 2.45) is 17.4 Å². The number of aliphatic carboxylic acids is 1. The number of aliphatic hydroxyl groups is 1. The number of H-pyrrole nitrogens is 2. The number of carboxylic acid groups (broad SMARTS) is 1. The Morgan fingerprint density at radius 3 is 1.83 bits per heavy atom. The molecule has 94 heavy (non-hydrogen) atoms. The van der Waals surface area contributed by atoms with E-state index in [1.807, 2.05) is 0 Å². The lowest BCUT2D eigenvalue weighted by atomic mass is 9.97. The zero-order chi connectivity index (χ0) is 67.8. The van der Waals surface area contributed by atoms with Gasteiger partial charge in [-0.3, -0.25) is 47.9 Å². The Morgan fingerprint density at radius 1 is 0.638 bits per heavy atom. The molecule has 2 aromatic heterocycles. The first-order chi connectivity index (χ1) is 45.1. The molecule has 10 amide bonds. The summed E-state index contributed by atoms with van der Waals surface area (Å²) in [6.07, 6.45) is 2.76. The molecule has 18 N–H and O–H groups in total. The van der Waals surface area contributed by atoms with Crippen molar-refractivity contribution >= 4 is 97.5 Å². The number of rotatable bonds is 21. The van der Waals surface area contributed by atoms with Crippen LogP contribution in [0.5, 0.6) is 5.75 Å². The van der Waals surface area contributed by atoms with Crippen LogP contribution in [0, 0.1) is 5.92 Å². The average Bonchev–Trinajstić information content (AvgIpc) is 1.62. The third-order valence-corrected chi connectivity index (χ3v) is 18.0. The third-order valence-electron chi connectivity index (χ3n) is 15.6. The van der Waals surface area contributed by atoms with Crippen molar-refractivity contribution in [1.29, 1.82) is 0 Å². The van der Waals surface area contributed by atoms with Crippen molar-refractivity contribution in [3.63, 3.8) is 0 Å². The molecule has 0 aliphatic carbocycles. The van der Waals surface area contributed by atoms with E-state index in [-0.39, 0.29) is 55.8 Å². The number of phenolic OH excluding ortho intramolecular Hbond substituents is 1. The molecule has 4 aromatic carbocycles. The minimum Gasteiger partial charge on any atom is -0.508 e. The molecule has 3 heterocycles. The molecule has 0 radical (unpaired) electrons. The largest absolute Gasteiger partial charge is 0.508 e. The third kappa shape index (κ3) is 21.4. The number of carboxylic acids is 1. The van der Waals surface area contributed by atoms with Crippen LogP contribution in [-0.4, -0.2) is 174 Å². The number of aromatic amines is 2. The maximum atomic E-state index is 15.2. The minimum atomic E-state index is -1.78. The molecule has 1 aliphatic rings. The molecule has 30 heteroatoms. The van der Waals surface area contributed by atoms with Gasteiger partial charge in [0.2, 0.25) is 59.1 Å². The normalized spacial score (nSPS) is 21.9. The molecule has 11 atom stereocenters. The molecule has 0 saturated carbocycles. The van der Waals surface area contributed by atoms with E-state index in [2.05, 4.69) is 62.8 Å². The standard InChI is InChI=1S/C64H78N14O14S2/c1-3-35(2)54-63(90)70-45(22-23-53(66)81)56(83)71-46(25-37-14-8-5-9-15-37)57(84)73-48(28-40-30-67-34-69-40)59(86)72-47(27-39-29-68-44-17-11-10-16-42(39)44)58(85)77-52(61(88)74-49(64(91)92)26-38-18-20-41(80)21-19-38)33-94-93-32-51(62(89)75-50(31-79)60(87)78-54)76-55(82)43(65)24-36-12-6-4-7-13-36/h4-21,29-30,34-35,43,45-52,54,68,79-80H,3,22-28,31-33,65H2,1-2H3,(H2,66,81)(H,67,69)(H,70,90)(H,71,83)(H,72,86)(H,73,84)(H,74,88)(H,75,89)(H,76,82)(H,77,85)(H,78,87)(H,91,92)/t35-,43-,45-,46-,47-,48-,49-,50-,51+,52-,54?/m0/s1. The summed E-state index contributed by atoms with van der Waals surface area (Å²) >= 11 is 0. The Hall–Kier alpha value is -9.78. The van der Waals surface area contributed by atoms with Gasteiger partial charge in [-0.2, -0.15) is 0 Å². The van der Waals surface area contributed by atoms with Gasteiger partial charge < -0.3 is 84.6 Å². The van der Waals surface area contributed by atoms with E-state index >= 15 is 9.59 Å². The highest BCUT2D eigenvalue weighted by atomic mass is 33.1. The first-order valence-electron chi connectivity index (χ1n) is 30.3. The number of carbonyl (C=O) groups excluding carboxylic acids is 10. The monoisotopic (exact) mass is 1330 g/mol. The molecule has 0 bridgehead atoms. The summed E-state index contributed by atoms with van der Waals surface area (Å²) in [5, 5.41) is 55.3. The number of hydrogen-bond donors (Lipinski definition) is 16. The molecular formula is C64H78N14O14S2. The quantitative estimate of drug-likeness (QED) is 0.0407. The van der Waals surface area contributed by atoms with Crippen molar-refractivity contribution < 1.29 is 68.1 Å². The van der Waals surface area contributed by atoms with Crippen LogP contribution in [0.25, 0.3) is 10.9 Å². The Bertz CT molecular complexity index is 3590. The number of fused-ring (bicyclic) bond motifs is 1. The summed E-state index contributed by atoms with van der Waals surface area (Å²) in [6, 6.07) is 14.3. The van der Waals surface area contributed by atoms with Crippen molar-refractivity contribution in [2.45, 2.75) is 126 Å². The van der Waals surface area contributed by atoms with Crippen LogP contribution in [0.3, 0.4) is 0 Å². The molecule has 1 aliphatic heterocycles. The van der Waals surface area contributed by atoms with Gasteiger partial charge in [-0.15, -0.1) is 0 Å². The number of aliphatic hydroxyl groups excluding tert-OH is 1. The number of nitrogens with two attached hydrogens (primary N) is 2. The highest BCUT2D eigenvalue weighted by Crippen LogP contribution is 2.25. The smallest absolute Gasteiger partial charge is 0.326 e. The van der Waals surface area contributed by atoms with Gasteiger partial charge in [0.05, 0.1) is 19.0 Å². The number of primary amides is 1. The highest BCUT2D eigenvalue weighted by molar-refractivity contribution is 8.76. The van der Waals surface area contributed by atoms with Crippen LogP contribution in [0.4, 0.5) is 0 Å². The maximum Gasteiger partial charge on any atom is 0.326 e. The number of aromatic hydroxyl groups is 1. The van der Waals surface area contributed by atoms with Crippen molar-refractivity contribution in [3.05, 3.63) is 156 Å². The summed E-state index contributed by atoms with van der Waals surface area (Å²) in [7, 11) is 1.79. The fourth-order valence-corrected chi connectivity index (χ4v) is 12.4. The van der Waals surface area contributed by atoms with Crippen LogP contribution in [-0.2, 0) is 84.8 Å². The maximum absolute atomic E-state index is 15.2. The summed E-state index contributed by atoms with van der Waals surface area (Å²) < 4.78 is 0. The number of nitrogens with zero attached hydrogens (tertiary/aromatic N) is 1. The fraction of sp³-hybridized carbons (Fsp3) is 0.375. The molecule has 6 aromatic rings. The van der Waals surface area contributed by atoms with Crippen molar-refractivity contribution in [1.82, 2.24) is 62.8 Å². The summed E-state index contributed by atoms with van der Waals surface area (Å²) in [6.45, 7) is 2.28. The second-order valence-electron chi connectivity index (χ2n) is 22.7. The number of carbonyl (C=O) groups is 11. The zero-order valence-electron chi connectivity index (χ0n) is 51.5. The first-order valence-corrected chi connectivity index (χ1v) is 32.8.